The average molecular weight is 281 g/mol. The maximum absolute atomic E-state index is 6.04. The maximum atomic E-state index is 6.04. The Morgan fingerprint density at radius 2 is 1.29 bits per heavy atom. The summed E-state index contributed by atoms with van der Waals surface area (Å²) >= 11 is 0. The molecule has 6 N–H and O–H groups in total. The highest BCUT2D eigenvalue weighted by molar-refractivity contribution is 5.65. The number of hydrogen-bond acceptors (Lipinski definition) is 3. The molecule has 21 heavy (non-hydrogen) atoms. The number of nitrogens with two attached hydrogens (primary N) is 3. The van der Waals surface area contributed by atoms with Crippen LogP contribution in [-0.4, -0.2) is 0 Å². The number of rotatable bonds is 2. The van der Waals surface area contributed by atoms with Gasteiger partial charge in [-0.3, -0.25) is 0 Å². The lowest BCUT2D eigenvalue weighted by Gasteiger charge is -2.39. The largest absolute Gasteiger partial charge is 0.399 e. The molecule has 0 amide bonds. The Morgan fingerprint density at radius 1 is 0.667 bits per heavy atom. The molecule has 1 fully saturated rings. The van der Waals surface area contributed by atoms with Gasteiger partial charge in [0.05, 0.1) is 11.4 Å². The van der Waals surface area contributed by atoms with Crippen molar-refractivity contribution in [3.8, 4) is 0 Å². The molecule has 0 heterocycles. The molecule has 2 aromatic carbocycles. The molecule has 0 unspecified atom stereocenters. The number of anilines is 3. The van der Waals surface area contributed by atoms with Gasteiger partial charge < -0.3 is 17.2 Å². The van der Waals surface area contributed by atoms with Crippen molar-refractivity contribution in [1.29, 1.82) is 0 Å². The Hall–Kier alpha value is -2.16. The summed E-state index contributed by atoms with van der Waals surface area (Å²) in [5.74, 6) is 0. The van der Waals surface area contributed by atoms with Crippen LogP contribution in [-0.2, 0) is 5.41 Å². The lowest BCUT2D eigenvalue weighted by Crippen LogP contribution is -2.30. The third kappa shape index (κ3) is 2.44. The van der Waals surface area contributed by atoms with Gasteiger partial charge in [0.1, 0.15) is 0 Å². The molecule has 3 nitrogen and oxygen atoms in total. The molecule has 2 aromatic rings. The minimum atomic E-state index is 0.0494. The van der Waals surface area contributed by atoms with E-state index in [0.29, 0.717) is 11.4 Å². The van der Waals surface area contributed by atoms with E-state index < -0.39 is 0 Å². The minimum Gasteiger partial charge on any atom is -0.399 e. The fraction of sp³-hybridized carbons (Fsp3) is 0.333. The van der Waals surface area contributed by atoms with Gasteiger partial charge in [0.15, 0.2) is 0 Å². The second kappa shape index (κ2) is 5.32. The van der Waals surface area contributed by atoms with E-state index in [1.807, 2.05) is 18.2 Å². The van der Waals surface area contributed by atoms with E-state index in [-0.39, 0.29) is 5.41 Å². The molecule has 0 saturated heterocycles. The van der Waals surface area contributed by atoms with E-state index in [9.17, 15) is 0 Å². The summed E-state index contributed by atoms with van der Waals surface area (Å²) in [7, 11) is 0. The Labute approximate surface area is 126 Å². The quantitative estimate of drug-likeness (QED) is 0.735. The Balaban J connectivity index is 2.12. The van der Waals surface area contributed by atoms with Gasteiger partial charge in [-0.2, -0.15) is 0 Å². The Kier molecular flexibility index (Phi) is 3.50. The third-order valence-electron chi connectivity index (χ3n) is 4.81. The second-order valence-corrected chi connectivity index (χ2v) is 6.11. The molecule has 0 aromatic heterocycles. The molecule has 0 atom stereocenters. The van der Waals surface area contributed by atoms with Crippen LogP contribution < -0.4 is 17.2 Å². The molecule has 0 spiro atoms. The predicted octanol–water partition coefficient (Wildman–Crippen LogP) is 3.68. The van der Waals surface area contributed by atoms with Crippen LogP contribution in [0.5, 0.6) is 0 Å². The SMILES string of the molecule is Nc1ccc(C2(c3ccc(N)c(N)c3)CCCCC2)cc1. The first-order valence-electron chi connectivity index (χ1n) is 7.63. The first-order valence-corrected chi connectivity index (χ1v) is 7.63. The summed E-state index contributed by atoms with van der Waals surface area (Å²) in [6.07, 6.45) is 6.10. The second-order valence-electron chi connectivity index (χ2n) is 6.11. The van der Waals surface area contributed by atoms with Gasteiger partial charge in [-0.1, -0.05) is 37.5 Å². The zero-order chi connectivity index (χ0) is 14.9. The molecule has 0 aliphatic heterocycles. The van der Waals surface area contributed by atoms with E-state index in [2.05, 4.69) is 24.3 Å². The molecule has 0 bridgehead atoms. The van der Waals surface area contributed by atoms with Gasteiger partial charge in [0.2, 0.25) is 0 Å². The first kappa shape index (κ1) is 13.8. The van der Waals surface area contributed by atoms with Crippen molar-refractivity contribution in [2.75, 3.05) is 17.2 Å². The van der Waals surface area contributed by atoms with Gasteiger partial charge in [-0.15, -0.1) is 0 Å². The highest BCUT2D eigenvalue weighted by Gasteiger charge is 2.35. The zero-order valence-electron chi connectivity index (χ0n) is 12.3. The van der Waals surface area contributed by atoms with Gasteiger partial charge in [0.25, 0.3) is 0 Å². The van der Waals surface area contributed by atoms with Crippen LogP contribution in [0.2, 0.25) is 0 Å². The van der Waals surface area contributed by atoms with Crippen molar-refractivity contribution in [3.63, 3.8) is 0 Å². The molecule has 110 valence electrons. The fourth-order valence-electron chi connectivity index (χ4n) is 3.57. The molecule has 1 aliphatic carbocycles. The summed E-state index contributed by atoms with van der Waals surface area (Å²) < 4.78 is 0. The van der Waals surface area contributed by atoms with Crippen LogP contribution in [0.25, 0.3) is 0 Å². The van der Waals surface area contributed by atoms with Crippen LogP contribution in [0.15, 0.2) is 42.5 Å². The van der Waals surface area contributed by atoms with E-state index in [0.717, 1.165) is 18.5 Å². The van der Waals surface area contributed by atoms with Crippen molar-refractivity contribution in [2.45, 2.75) is 37.5 Å². The molecular formula is C18H23N3. The maximum Gasteiger partial charge on any atom is 0.0550 e. The van der Waals surface area contributed by atoms with Gasteiger partial charge in [0, 0.05) is 11.1 Å². The van der Waals surface area contributed by atoms with Crippen LogP contribution in [0.4, 0.5) is 17.1 Å². The Morgan fingerprint density at radius 3 is 1.90 bits per heavy atom. The molecular weight excluding hydrogens is 258 g/mol. The molecule has 3 rings (SSSR count). The third-order valence-corrected chi connectivity index (χ3v) is 4.81. The minimum absolute atomic E-state index is 0.0494. The van der Waals surface area contributed by atoms with Crippen molar-refractivity contribution in [1.82, 2.24) is 0 Å². The average Bonchev–Trinajstić information content (AvgIpc) is 2.51. The van der Waals surface area contributed by atoms with E-state index in [4.69, 9.17) is 17.2 Å². The van der Waals surface area contributed by atoms with Gasteiger partial charge in [-0.25, -0.2) is 0 Å². The zero-order valence-corrected chi connectivity index (χ0v) is 12.3. The van der Waals surface area contributed by atoms with Crippen molar-refractivity contribution < 1.29 is 0 Å². The number of nitrogen functional groups attached to an aromatic ring is 3. The van der Waals surface area contributed by atoms with Gasteiger partial charge in [-0.05, 0) is 48.2 Å². The van der Waals surface area contributed by atoms with Crippen molar-refractivity contribution in [3.05, 3.63) is 53.6 Å². The highest BCUT2D eigenvalue weighted by Crippen LogP contribution is 2.45. The van der Waals surface area contributed by atoms with E-state index in [1.54, 1.807) is 0 Å². The monoisotopic (exact) mass is 281 g/mol. The lowest BCUT2D eigenvalue weighted by atomic mass is 9.65. The first-order chi connectivity index (χ1) is 10.1. The smallest absolute Gasteiger partial charge is 0.0550 e. The summed E-state index contributed by atoms with van der Waals surface area (Å²) in [6, 6.07) is 14.4. The molecule has 1 aliphatic rings. The summed E-state index contributed by atoms with van der Waals surface area (Å²) in [5, 5.41) is 0. The van der Waals surface area contributed by atoms with E-state index >= 15 is 0 Å². The number of hydrogen-bond donors (Lipinski definition) is 3. The highest BCUT2D eigenvalue weighted by atomic mass is 14.7. The van der Waals surface area contributed by atoms with Crippen LogP contribution in [0, 0.1) is 0 Å². The summed E-state index contributed by atoms with van der Waals surface area (Å²) in [4.78, 5) is 0. The van der Waals surface area contributed by atoms with Crippen molar-refractivity contribution in [2.24, 2.45) is 0 Å². The van der Waals surface area contributed by atoms with Crippen LogP contribution in [0.1, 0.15) is 43.2 Å². The molecule has 0 radical (unpaired) electrons. The fourth-order valence-corrected chi connectivity index (χ4v) is 3.57. The van der Waals surface area contributed by atoms with Crippen LogP contribution >= 0.6 is 0 Å². The normalized spacial score (nSPS) is 17.5. The van der Waals surface area contributed by atoms with Crippen molar-refractivity contribution >= 4 is 17.1 Å². The molecule has 1 saturated carbocycles. The number of benzene rings is 2. The molecule has 3 heteroatoms. The van der Waals surface area contributed by atoms with Gasteiger partial charge >= 0.3 is 0 Å². The summed E-state index contributed by atoms with van der Waals surface area (Å²) in [6.45, 7) is 0. The topological polar surface area (TPSA) is 78.1 Å². The van der Waals surface area contributed by atoms with E-state index in [1.165, 1.54) is 30.4 Å². The standard InChI is InChI=1S/C18H23N3/c19-15-7-4-13(5-8-15)18(10-2-1-3-11-18)14-6-9-16(20)17(21)12-14/h4-9,12H,1-3,10-11,19-21H2. The summed E-state index contributed by atoms with van der Waals surface area (Å²) in [5.41, 5.74) is 22.6. The Bertz CT molecular complexity index is 625. The predicted molar refractivity (Wildman–Crippen MR) is 90.0 cm³/mol. The van der Waals surface area contributed by atoms with Crippen LogP contribution in [0.3, 0.4) is 0 Å². The lowest BCUT2D eigenvalue weighted by molar-refractivity contribution is 0.346.